The zero-order valence-electron chi connectivity index (χ0n) is 14.0. The third-order valence-electron chi connectivity index (χ3n) is 5.84. The summed E-state index contributed by atoms with van der Waals surface area (Å²) in [7, 11) is 0. The SMILES string of the molecule is O=C(O)C1C2C=CC3(CC(C(=O)O)N(CN4CCN(F)CC4)C(=O)C13)O2. The number of piperidine rings is 1. The van der Waals surface area contributed by atoms with Gasteiger partial charge < -0.3 is 19.8 Å². The van der Waals surface area contributed by atoms with Crippen LogP contribution >= 0.6 is 0 Å². The van der Waals surface area contributed by atoms with Gasteiger partial charge in [-0.1, -0.05) is 12.2 Å². The van der Waals surface area contributed by atoms with Gasteiger partial charge in [0, 0.05) is 32.6 Å². The van der Waals surface area contributed by atoms with Crippen molar-refractivity contribution in [1.29, 1.82) is 0 Å². The lowest BCUT2D eigenvalue weighted by Crippen LogP contribution is -2.64. The minimum absolute atomic E-state index is 0.0125. The zero-order valence-corrected chi connectivity index (χ0v) is 14.0. The van der Waals surface area contributed by atoms with Gasteiger partial charge in [0.1, 0.15) is 17.6 Å². The second kappa shape index (κ2) is 6.00. The van der Waals surface area contributed by atoms with Crippen LogP contribution in [0.5, 0.6) is 0 Å². The lowest BCUT2D eigenvalue weighted by atomic mass is 9.69. The fourth-order valence-corrected chi connectivity index (χ4v) is 4.56. The average molecular weight is 369 g/mol. The number of fused-ring (bicyclic) bond motifs is 1. The Labute approximate surface area is 148 Å². The number of piperazine rings is 1. The molecule has 2 N–H and O–H groups in total. The van der Waals surface area contributed by atoms with Crippen LogP contribution in [0.25, 0.3) is 0 Å². The highest BCUT2D eigenvalue weighted by atomic mass is 19.2. The van der Waals surface area contributed by atoms with Crippen LogP contribution < -0.4 is 0 Å². The van der Waals surface area contributed by atoms with E-state index in [0.717, 1.165) is 0 Å². The summed E-state index contributed by atoms with van der Waals surface area (Å²) in [6.07, 6.45) is 2.55. The molecule has 0 radical (unpaired) electrons. The van der Waals surface area contributed by atoms with Crippen molar-refractivity contribution in [3.63, 3.8) is 0 Å². The molecular formula is C16H20FN3O6. The summed E-state index contributed by atoms with van der Waals surface area (Å²) in [5.41, 5.74) is -1.16. The highest BCUT2D eigenvalue weighted by Gasteiger charge is 2.66. The van der Waals surface area contributed by atoms with E-state index in [-0.39, 0.29) is 26.2 Å². The molecule has 1 spiro atoms. The topological polar surface area (TPSA) is 111 Å². The Morgan fingerprint density at radius 3 is 2.54 bits per heavy atom. The summed E-state index contributed by atoms with van der Waals surface area (Å²) in [5, 5.41) is 19.9. The number of carbonyl (C=O) groups is 3. The fourth-order valence-electron chi connectivity index (χ4n) is 4.56. The van der Waals surface area contributed by atoms with Crippen molar-refractivity contribution in [1.82, 2.24) is 14.9 Å². The number of carboxylic acid groups (broad SMARTS) is 2. The van der Waals surface area contributed by atoms with Crippen LogP contribution in [0.2, 0.25) is 0 Å². The number of halogens is 1. The van der Waals surface area contributed by atoms with E-state index in [0.29, 0.717) is 18.2 Å². The number of amides is 1. The average Bonchev–Trinajstić information content (AvgIpc) is 3.14. The first-order valence-corrected chi connectivity index (χ1v) is 8.59. The molecule has 4 aliphatic rings. The summed E-state index contributed by atoms with van der Waals surface area (Å²) >= 11 is 0. The maximum Gasteiger partial charge on any atom is 0.326 e. The van der Waals surface area contributed by atoms with Crippen molar-refractivity contribution in [2.24, 2.45) is 11.8 Å². The van der Waals surface area contributed by atoms with E-state index in [1.807, 2.05) is 4.90 Å². The Hall–Kier alpha value is -2.04. The third kappa shape index (κ3) is 2.51. The summed E-state index contributed by atoms with van der Waals surface area (Å²) in [4.78, 5) is 39.6. The molecule has 3 fully saturated rings. The molecule has 0 aromatic heterocycles. The van der Waals surface area contributed by atoms with Crippen LogP contribution in [0.1, 0.15) is 6.42 Å². The molecule has 4 aliphatic heterocycles. The molecule has 0 aromatic carbocycles. The van der Waals surface area contributed by atoms with Gasteiger partial charge in [0.05, 0.1) is 18.7 Å². The van der Waals surface area contributed by atoms with Gasteiger partial charge in [-0.3, -0.25) is 14.5 Å². The van der Waals surface area contributed by atoms with Gasteiger partial charge >= 0.3 is 11.9 Å². The molecule has 5 unspecified atom stereocenters. The fraction of sp³-hybridized carbons (Fsp3) is 0.688. The molecule has 0 saturated carbocycles. The number of carboxylic acids is 2. The minimum atomic E-state index is -1.16. The van der Waals surface area contributed by atoms with Gasteiger partial charge in [0.2, 0.25) is 5.91 Å². The van der Waals surface area contributed by atoms with E-state index in [4.69, 9.17) is 4.74 Å². The van der Waals surface area contributed by atoms with Gasteiger partial charge in [-0.05, 0) is 0 Å². The predicted octanol–water partition coefficient (Wildman–Crippen LogP) is -0.844. The molecule has 3 saturated heterocycles. The van der Waals surface area contributed by atoms with Crippen LogP contribution in [-0.4, -0.2) is 93.6 Å². The lowest BCUT2D eigenvalue weighted by Gasteiger charge is -2.46. The van der Waals surface area contributed by atoms with Crippen molar-refractivity contribution in [2.75, 3.05) is 32.8 Å². The van der Waals surface area contributed by atoms with Crippen molar-refractivity contribution in [2.45, 2.75) is 24.2 Å². The molecule has 10 heteroatoms. The Kier molecular flexibility index (Phi) is 4.01. The van der Waals surface area contributed by atoms with Crippen LogP contribution in [0.15, 0.2) is 12.2 Å². The zero-order chi connectivity index (χ0) is 18.6. The number of nitrogens with zero attached hydrogens (tertiary/aromatic N) is 3. The smallest absolute Gasteiger partial charge is 0.326 e. The summed E-state index contributed by atoms with van der Waals surface area (Å²) in [6, 6.07) is -1.11. The third-order valence-corrected chi connectivity index (χ3v) is 5.84. The van der Waals surface area contributed by atoms with Gasteiger partial charge in [-0.2, -0.15) is 0 Å². The van der Waals surface area contributed by atoms with Crippen molar-refractivity contribution < 1.29 is 33.8 Å². The molecule has 4 rings (SSSR count). The van der Waals surface area contributed by atoms with Gasteiger partial charge in [0.15, 0.2) is 0 Å². The molecule has 5 atom stereocenters. The highest BCUT2D eigenvalue weighted by molar-refractivity contribution is 5.92. The predicted molar refractivity (Wildman–Crippen MR) is 83.4 cm³/mol. The summed E-state index contributed by atoms with van der Waals surface area (Å²) in [6.45, 7) is 1.13. The molecule has 2 bridgehead atoms. The lowest BCUT2D eigenvalue weighted by molar-refractivity contribution is -0.170. The standard InChI is InChI=1S/C16H20FN3O6/c17-19-5-3-18(4-6-19)8-20-9(14(22)23)7-16-2-1-10(26-16)11(15(24)25)12(16)13(20)21/h1-2,9-12H,3-8H2,(H,22,23)(H,24,25). The number of hydrogen-bond acceptors (Lipinski definition) is 6. The van der Waals surface area contributed by atoms with Crippen molar-refractivity contribution in [3.05, 3.63) is 12.2 Å². The Bertz CT molecular complexity index is 679. The monoisotopic (exact) mass is 369 g/mol. The Morgan fingerprint density at radius 2 is 1.92 bits per heavy atom. The van der Waals surface area contributed by atoms with Crippen LogP contribution in [0.4, 0.5) is 4.48 Å². The van der Waals surface area contributed by atoms with E-state index in [2.05, 4.69) is 0 Å². The Balaban J connectivity index is 1.61. The quantitative estimate of drug-likeness (QED) is 0.487. The molecule has 26 heavy (non-hydrogen) atoms. The molecule has 1 amide bonds. The van der Waals surface area contributed by atoms with E-state index >= 15 is 0 Å². The molecule has 0 aromatic rings. The Morgan fingerprint density at radius 1 is 1.23 bits per heavy atom. The second-order valence-corrected chi connectivity index (χ2v) is 7.27. The highest BCUT2D eigenvalue weighted by Crippen LogP contribution is 2.53. The molecule has 9 nitrogen and oxygen atoms in total. The van der Waals surface area contributed by atoms with Crippen LogP contribution in [0, 0.1) is 11.8 Å². The van der Waals surface area contributed by atoms with Crippen LogP contribution in [-0.2, 0) is 19.1 Å². The number of hydrogen-bond donors (Lipinski definition) is 2. The normalized spacial score (nSPS) is 40.0. The van der Waals surface area contributed by atoms with E-state index in [1.54, 1.807) is 12.2 Å². The molecule has 4 heterocycles. The summed E-state index contributed by atoms with van der Waals surface area (Å²) in [5.74, 6) is -4.76. The maximum atomic E-state index is 13.2. The van der Waals surface area contributed by atoms with Crippen LogP contribution in [0.3, 0.4) is 0 Å². The first-order valence-electron chi connectivity index (χ1n) is 8.59. The van der Waals surface area contributed by atoms with Crippen molar-refractivity contribution in [3.8, 4) is 0 Å². The number of rotatable bonds is 4. The maximum absolute atomic E-state index is 13.2. The molecular weight excluding hydrogens is 349 g/mol. The van der Waals surface area contributed by atoms with E-state index in [9.17, 15) is 29.1 Å². The molecule has 142 valence electrons. The summed E-state index contributed by atoms with van der Waals surface area (Å²) < 4.78 is 18.9. The van der Waals surface area contributed by atoms with Gasteiger partial charge in [-0.15, -0.1) is 9.60 Å². The number of likely N-dealkylation sites (tertiary alicyclic amines) is 1. The van der Waals surface area contributed by atoms with Crippen molar-refractivity contribution >= 4 is 17.8 Å². The number of aliphatic carboxylic acids is 2. The van der Waals surface area contributed by atoms with E-state index in [1.165, 1.54) is 4.90 Å². The second-order valence-electron chi connectivity index (χ2n) is 7.27. The van der Waals surface area contributed by atoms with E-state index < -0.39 is 47.4 Å². The first-order chi connectivity index (χ1) is 12.3. The molecule has 0 aliphatic carbocycles. The largest absolute Gasteiger partial charge is 0.481 e. The minimum Gasteiger partial charge on any atom is -0.481 e. The number of carbonyl (C=O) groups excluding carboxylic acids is 1. The number of ether oxygens (including phenoxy) is 1. The van der Waals surface area contributed by atoms with Gasteiger partial charge in [0.25, 0.3) is 0 Å². The van der Waals surface area contributed by atoms with Gasteiger partial charge in [-0.25, -0.2) is 4.79 Å². The first kappa shape index (κ1) is 17.4.